The number of phenolic OH excluding ortho intramolecular Hbond substituents is 1. The van der Waals surface area contributed by atoms with Gasteiger partial charge in [-0.3, -0.25) is 4.79 Å². The smallest absolute Gasteiger partial charge is 0.304 e. The maximum Gasteiger partial charge on any atom is 0.304 e. The van der Waals surface area contributed by atoms with Crippen LogP contribution in [0.3, 0.4) is 0 Å². The number of carbonyl (C=O) groups is 1. The molecule has 1 aromatic rings. The fourth-order valence-electron chi connectivity index (χ4n) is 1.78. The fraction of sp³-hybridized carbons (Fsp3) is 0.308. The standard InChI is InChI=1S/C13H16O3/c1-3-4-10(8-13(15)16)12-6-5-11(14)7-9(12)2/h3-7,10,14H,8H2,1-2H3,(H,15,16). The molecular weight excluding hydrogens is 204 g/mol. The first-order chi connectivity index (χ1) is 7.54. The predicted octanol–water partition coefficient (Wildman–Crippen LogP) is 2.84. The van der Waals surface area contributed by atoms with Gasteiger partial charge in [0.15, 0.2) is 0 Å². The molecule has 0 heterocycles. The molecule has 1 rings (SSSR count). The van der Waals surface area contributed by atoms with Gasteiger partial charge >= 0.3 is 5.97 Å². The molecule has 0 aliphatic rings. The lowest BCUT2D eigenvalue weighted by Gasteiger charge is -2.13. The van der Waals surface area contributed by atoms with Crippen LogP contribution in [0.15, 0.2) is 30.4 Å². The summed E-state index contributed by atoms with van der Waals surface area (Å²) in [5, 5.41) is 18.1. The van der Waals surface area contributed by atoms with Crippen molar-refractivity contribution in [2.24, 2.45) is 0 Å². The number of aliphatic carboxylic acids is 1. The Hall–Kier alpha value is -1.77. The molecule has 0 spiro atoms. The van der Waals surface area contributed by atoms with Crippen molar-refractivity contribution in [1.29, 1.82) is 0 Å². The van der Waals surface area contributed by atoms with E-state index in [4.69, 9.17) is 5.11 Å². The number of aryl methyl sites for hydroxylation is 1. The Morgan fingerprint density at radius 2 is 2.19 bits per heavy atom. The van der Waals surface area contributed by atoms with Crippen LogP contribution in [0.1, 0.15) is 30.4 Å². The second-order valence-corrected chi connectivity index (χ2v) is 3.77. The molecule has 0 saturated heterocycles. The summed E-state index contributed by atoms with van der Waals surface area (Å²) >= 11 is 0. The number of carboxylic acids is 1. The number of rotatable bonds is 4. The van der Waals surface area contributed by atoms with Crippen molar-refractivity contribution in [2.75, 3.05) is 0 Å². The van der Waals surface area contributed by atoms with Gasteiger partial charge in [0.25, 0.3) is 0 Å². The normalized spacial score (nSPS) is 12.9. The van der Waals surface area contributed by atoms with Gasteiger partial charge in [0.1, 0.15) is 5.75 Å². The van der Waals surface area contributed by atoms with Gasteiger partial charge in [-0.2, -0.15) is 0 Å². The SMILES string of the molecule is CC=CC(CC(=O)O)c1ccc(O)cc1C. The van der Waals surface area contributed by atoms with E-state index in [1.54, 1.807) is 18.2 Å². The molecule has 0 aliphatic carbocycles. The van der Waals surface area contributed by atoms with Gasteiger partial charge < -0.3 is 10.2 Å². The number of aromatic hydroxyl groups is 1. The van der Waals surface area contributed by atoms with Crippen molar-refractivity contribution < 1.29 is 15.0 Å². The Morgan fingerprint density at radius 1 is 1.50 bits per heavy atom. The van der Waals surface area contributed by atoms with E-state index in [1.807, 2.05) is 26.0 Å². The van der Waals surface area contributed by atoms with Crippen LogP contribution in [0.5, 0.6) is 5.75 Å². The van der Waals surface area contributed by atoms with E-state index in [9.17, 15) is 9.90 Å². The summed E-state index contributed by atoms with van der Waals surface area (Å²) < 4.78 is 0. The van der Waals surface area contributed by atoms with E-state index in [1.165, 1.54) is 0 Å². The minimum atomic E-state index is -0.824. The van der Waals surface area contributed by atoms with Gasteiger partial charge in [0.05, 0.1) is 6.42 Å². The monoisotopic (exact) mass is 220 g/mol. The van der Waals surface area contributed by atoms with Crippen LogP contribution in [-0.4, -0.2) is 16.2 Å². The minimum absolute atomic E-state index is 0.0654. The first kappa shape index (κ1) is 12.3. The average Bonchev–Trinajstić information content (AvgIpc) is 2.16. The van der Waals surface area contributed by atoms with Gasteiger partial charge in [0, 0.05) is 5.92 Å². The van der Waals surface area contributed by atoms with E-state index in [-0.39, 0.29) is 18.1 Å². The molecule has 1 aromatic carbocycles. The molecule has 3 heteroatoms. The maximum absolute atomic E-state index is 10.8. The third-order valence-electron chi connectivity index (χ3n) is 2.47. The molecule has 1 atom stereocenters. The van der Waals surface area contributed by atoms with Crippen molar-refractivity contribution in [3.05, 3.63) is 41.5 Å². The van der Waals surface area contributed by atoms with Crippen molar-refractivity contribution in [3.8, 4) is 5.75 Å². The summed E-state index contributed by atoms with van der Waals surface area (Å²) in [5.74, 6) is -0.755. The third kappa shape index (κ3) is 3.12. The second kappa shape index (κ2) is 5.35. The van der Waals surface area contributed by atoms with Crippen LogP contribution in [0, 0.1) is 6.92 Å². The lowest BCUT2D eigenvalue weighted by molar-refractivity contribution is -0.137. The highest BCUT2D eigenvalue weighted by atomic mass is 16.4. The van der Waals surface area contributed by atoms with Gasteiger partial charge in [-0.15, -0.1) is 0 Å². The Bertz CT molecular complexity index is 408. The second-order valence-electron chi connectivity index (χ2n) is 3.77. The van der Waals surface area contributed by atoms with Crippen molar-refractivity contribution in [3.63, 3.8) is 0 Å². The zero-order valence-corrected chi connectivity index (χ0v) is 9.47. The summed E-state index contributed by atoms with van der Waals surface area (Å²) in [5.41, 5.74) is 1.85. The molecule has 0 radical (unpaired) electrons. The van der Waals surface area contributed by atoms with Crippen LogP contribution in [0.4, 0.5) is 0 Å². The molecular formula is C13H16O3. The topological polar surface area (TPSA) is 57.5 Å². The summed E-state index contributed by atoms with van der Waals surface area (Å²) in [6.45, 7) is 3.73. The van der Waals surface area contributed by atoms with Crippen LogP contribution in [-0.2, 0) is 4.79 Å². The first-order valence-corrected chi connectivity index (χ1v) is 5.18. The predicted molar refractivity (Wildman–Crippen MR) is 62.7 cm³/mol. The van der Waals surface area contributed by atoms with Crippen molar-refractivity contribution in [1.82, 2.24) is 0 Å². The van der Waals surface area contributed by atoms with E-state index in [0.717, 1.165) is 11.1 Å². The number of hydrogen-bond acceptors (Lipinski definition) is 2. The molecule has 16 heavy (non-hydrogen) atoms. The molecule has 0 bridgehead atoms. The molecule has 0 fully saturated rings. The first-order valence-electron chi connectivity index (χ1n) is 5.18. The lowest BCUT2D eigenvalue weighted by Crippen LogP contribution is -2.05. The Kier molecular flexibility index (Phi) is 4.11. The average molecular weight is 220 g/mol. The zero-order chi connectivity index (χ0) is 12.1. The van der Waals surface area contributed by atoms with Crippen molar-refractivity contribution in [2.45, 2.75) is 26.2 Å². The van der Waals surface area contributed by atoms with Crippen LogP contribution in [0.25, 0.3) is 0 Å². The Labute approximate surface area is 95.0 Å². The summed E-state index contributed by atoms with van der Waals surface area (Å²) in [7, 11) is 0. The van der Waals surface area contributed by atoms with Crippen molar-refractivity contribution >= 4 is 5.97 Å². The highest BCUT2D eigenvalue weighted by molar-refractivity contribution is 5.68. The molecule has 0 amide bonds. The van der Waals surface area contributed by atoms with Crippen LogP contribution >= 0.6 is 0 Å². The maximum atomic E-state index is 10.8. The van der Waals surface area contributed by atoms with E-state index >= 15 is 0 Å². The van der Waals surface area contributed by atoms with Crippen LogP contribution < -0.4 is 0 Å². The van der Waals surface area contributed by atoms with Gasteiger partial charge in [-0.25, -0.2) is 0 Å². The molecule has 0 aromatic heterocycles. The zero-order valence-electron chi connectivity index (χ0n) is 9.47. The quantitative estimate of drug-likeness (QED) is 0.767. The van der Waals surface area contributed by atoms with Crippen LogP contribution in [0.2, 0.25) is 0 Å². The van der Waals surface area contributed by atoms with Gasteiger partial charge in [-0.1, -0.05) is 18.2 Å². The van der Waals surface area contributed by atoms with E-state index < -0.39 is 5.97 Å². The highest BCUT2D eigenvalue weighted by Crippen LogP contribution is 2.27. The highest BCUT2D eigenvalue weighted by Gasteiger charge is 2.14. The molecule has 0 aliphatic heterocycles. The number of benzene rings is 1. The summed E-state index contributed by atoms with van der Waals surface area (Å²) in [4.78, 5) is 10.8. The van der Waals surface area contributed by atoms with E-state index in [2.05, 4.69) is 0 Å². The van der Waals surface area contributed by atoms with Gasteiger partial charge in [0.2, 0.25) is 0 Å². The molecule has 0 saturated carbocycles. The lowest BCUT2D eigenvalue weighted by atomic mass is 9.91. The summed E-state index contributed by atoms with van der Waals surface area (Å²) in [6.07, 6.45) is 3.78. The summed E-state index contributed by atoms with van der Waals surface area (Å²) in [6, 6.07) is 5.01. The molecule has 1 unspecified atom stereocenters. The molecule has 3 nitrogen and oxygen atoms in total. The molecule has 86 valence electrons. The number of hydrogen-bond donors (Lipinski definition) is 2. The third-order valence-corrected chi connectivity index (χ3v) is 2.47. The molecule has 2 N–H and O–H groups in total. The number of carboxylic acid groups (broad SMARTS) is 1. The Balaban J connectivity index is 3.05. The van der Waals surface area contributed by atoms with Gasteiger partial charge in [-0.05, 0) is 37.1 Å². The number of allylic oxidation sites excluding steroid dienone is 2. The fourth-order valence-corrected chi connectivity index (χ4v) is 1.78. The minimum Gasteiger partial charge on any atom is -0.508 e. The van der Waals surface area contributed by atoms with E-state index in [0.29, 0.717) is 0 Å². The number of phenols is 1. The largest absolute Gasteiger partial charge is 0.508 e. The Morgan fingerprint density at radius 3 is 2.69 bits per heavy atom.